The molecule has 0 fully saturated rings. The van der Waals surface area contributed by atoms with Gasteiger partial charge < -0.3 is 15.0 Å². The minimum Gasteiger partial charge on any atom is -0.451 e. The van der Waals surface area contributed by atoms with Gasteiger partial charge >= 0.3 is 5.97 Å². The van der Waals surface area contributed by atoms with Crippen LogP contribution >= 0.6 is 11.8 Å². The third-order valence-electron chi connectivity index (χ3n) is 4.38. The first kappa shape index (κ1) is 18.2. The average molecular weight is 395 g/mol. The van der Waals surface area contributed by atoms with Gasteiger partial charge in [0, 0.05) is 17.1 Å². The summed E-state index contributed by atoms with van der Waals surface area (Å²) in [5.74, 6) is 0.328. The first-order chi connectivity index (χ1) is 13.5. The topological polar surface area (TPSA) is 101 Å². The maximum absolute atomic E-state index is 12.6. The maximum atomic E-state index is 12.6. The molecule has 28 heavy (non-hydrogen) atoms. The highest BCUT2D eigenvalue weighted by Crippen LogP contribution is 2.32. The molecule has 0 saturated heterocycles. The van der Waals surface area contributed by atoms with Gasteiger partial charge in [0.25, 0.3) is 5.56 Å². The SMILES string of the molecule is C[C@H](OC(=O)c1ccc2c(c1)NC(=O)CCS2)c1nc2ccccc2c(=O)[nH]1. The Hall–Kier alpha value is -3.13. The van der Waals surface area contributed by atoms with E-state index in [1.54, 1.807) is 61.2 Å². The van der Waals surface area contributed by atoms with Crippen molar-refractivity contribution in [3.05, 3.63) is 64.2 Å². The molecule has 1 aliphatic rings. The number of para-hydroxylation sites is 1. The average Bonchev–Trinajstić information content (AvgIpc) is 2.87. The monoisotopic (exact) mass is 395 g/mol. The molecule has 1 aliphatic heterocycles. The molecule has 142 valence electrons. The largest absolute Gasteiger partial charge is 0.451 e. The van der Waals surface area contributed by atoms with E-state index in [9.17, 15) is 14.4 Å². The molecule has 7 nitrogen and oxygen atoms in total. The van der Waals surface area contributed by atoms with Gasteiger partial charge in [0.05, 0.1) is 22.2 Å². The van der Waals surface area contributed by atoms with E-state index in [1.807, 2.05) is 0 Å². The van der Waals surface area contributed by atoms with Crippen molar-refractivity contribution in [3.63, 3.8) is 0 Å². The number of hydrogen-bond acceptors (Lipinski definition) is 6. The number of nitrogens with one attached hydrogen (secondary N) is 2. The van der Waals surface area contributed by atoms with Crippen LogP contribution in [-0.2, 0) is 9.53 Å². The quantitative estimate of drug-likeness (QED) is 0.660. The molecule has 0 spiro atoms. The van der Waals surface area contributed by atoms with Crippen LogP contribution < -0.4 is 10.9 Å². The standard InChI is InChI=1S/C20H17N3O4S/c1-11(18-22-14-5-3-2-4-13(14)19(25)23-18)27-20(26)12-6-7-16-15(10-12)21-17(24)8-9-28-16/h2-7,10-11H,8-9H2,1H3,(H,21,24)(H,22,23,25)/t11-/m0/s1. The number of esters is 1. The van der Waals surface area contributed by atoms with Crippen molar-refractivity contribution < 1.29 is 14.3 Å². The normalized spacial score (nSPS) is 14.7. The molecule has 1 amide bonds. The number of hydrogen-bond donors (Lipinski definition) is 2. The molecule has 4 rings (SSSR count). The Labute approximate surface area is 164 Å². The number of benzene rings is 2. The number of anilines is 1. The highest BCUT2D eigenvalue weighted by molar-refractivity contribution is 7.99. The van der Waals surface area contributed by atoms with Crippen LogP contribution in [0.4, 0.5) is 5.69 Å². The summed E-state index contributed by atoms with van der Waals surface area (Å²) in [6.45, 7) is 1.64. The molecule has 1 aromatic heterocycles. The lowest BCUT2D eigenvalue weighted by molar-refractivity contribution is -0.115. The number of amides is 1. The van der Waals surface area contributed by atoms with E-state index in [4.69, 9.17) is 4.74 Å². The van der Waals surface area contributed by atoms with Gasteiger partial charge in [-0.25, -0.2) is 9.78 Å². The molecule has 8 heteroatoms. The number of aromatic amines is 1. The lowest BCUT2D eigenvalue weighted by Gasteiger charge is -2.14. The van der Waals surface area contributed by atoms with E-state index in [0.29, 0.717) is 34.3 Å². The highest BCUT2D eigenvalue weighted by Gasteiger charge is 2.20. The molecule has 1 atom stereocenters. The minimum absolute atomic E-state index is 0.0805. The van der Waals surface area contributed by atoms with E-state index < -0.39 is 12.1 Å². The molecule has 2 N–H and O–H groups in total. The van der Waals surface area contributed by atoms with Gasteiger partial charge in [0.15, 0.2) is 11.9 Å². The van der Waals surface area contributed by atoms with Crippen LogP contribution in [0.2, 0.25) is 0 Å². The van der Waals surface area contributed by atoms with Crippen molar-refractivity contribution in [1.82, 2.24) is 9.97 Å². The molecule has 0 saturated carbocycles. The number of thioether (sulfide) groups is 1. The van der Waals surface area contributed by atoms with Crippen LogP contribution in [0.25, 0.3) is 10.9 Å². The number of ether oxygens (including phenoxy) is 1. The van der Waals surface area contributed by atoms with Crippen molar-refractivity contribution in [2.75, 3.05) is 11.1 Å². The van der Waals surface area contributed by atoms with E-state index in [-0.39, 0.29) is 17.3 Å². The second-order valence-corrected chi connectivity index (χ2v) is 7.51. The van der Waals surface area contributed by atoms with Crippen LogP contribution in [0.5, 0.6) is 0 Å². The third kappa shape index (κ3) is 3.63. The Balaban J connectivity index is 1.57. The van der Waals surface area contributed by atoms with Gasteiger partial charge in [0.1, 0.15) is 0 Å². The zero-order valence-electron chi connectivity index (χ0n) is 15.0. The summed E-state index contributed by atoms with van der Waals surface area (Å²) in [5, 5.41) is 3.28. The van der Waals surface area contributed by atoms with Gasteiger partial charge in [-0.05, 0) is 37.3 Å². The molecule has 0 bridgehead atoms. The Morgan fingerprint density at radius 1 is 1.21 bits per heavy atom. The van der Waals surface area contributed by atoms with Crippen molar-refractivity contribution in [1.29, 1.82) is 0 Å². The number of carbonyl (C=O) groups is 2. The van der Waals surface area contributed by atoms with Crippen LogP contribution in [0, 0.1) is 0 Å². The number of fused-ring (bicyclic) bond motifs is 2. The van der Waals surface area contributed by atoms with Crippen LogP contribution in [0.1, 0.15) is 35.6 Å². The predicted molar refractivity (Wildman–Crippen MR) is 107 cm³/mol. The van der Waals surface area contributed by atoms with Crippen LogP contribution in [0.3, 0.4) is 0 Å². The minimum atomic E-state index is -0.743. The number of nitrogens with zero attached hydrogens (tertiary/aromatic N) is 1. The Bertz CT molecular complexity index is 1140. The number of carbonyl (C=O) groups excluding carboxylic acids is 2. The van der Waals surface area contributed by atoms with Gasteiger partial charge in [-0.15, -0.1) is 11.8 Å². The first-order valence-electron chi connectivity index (χ1n) is 8.78. The second-order valence-electron chi connectivity index (χ2n) is 6.37. The lowest BCUT2D eigenvalue weighted by Crippen LogP contribution is -2.17. The van der Waals surface area contributed by atoms with E-state index >= 15 is 0 Å². The number of H-pyrrole nitrogens is 1. The zero-order valence-corrected chi connectivity index (χ0v) is 15.8. The smallest absolute Gasteiger partial charge is 0.338 e. The lowest BCUT2D eigenvalue weighted by atomic mass is 10.2. The number of aromatic nitrogens is 2. The maximum Gasteiger partial charge on any atom is 0.338 e. The van der Waals surface area contributed by atoms with Gasteiger partial charge in [-0.3, -0.25) is 9.59 Å². The first-order valence-corrected chi connectivity index (χ1v) is 9.76. The van der Waals surface area contributed by atoms with Crippen molar-refractivity contribution in [2.24, 2.45) is 0 Å². The summed E-state index contributed by atoms with van der Waals surface area (Å²) in [5.41, 5.74) is 1.17. The molecule has 0 unspecified atom stereocenters. The molecular formula is C20H17N3O4S. The molecular weight excluding hydrogens is 378 g/mol. The molecule has 2 aromatic carbocycles. The summed E-state index contributed by atoms with van der Waals surface area (Å²) in [7, 11) is 0. The Morgan fingerprint density at radius 2 is 2.04 bits per heavy atom. The van der Waals surface area contributed by atoms with E-state index in [1.165, 1.54) is 0 Å². The van der Waals surface area contributed by atoms with E-state index in [0.717, 1.165) is 4.90 Å². The summed E-state index contributed by atoms with van der Waals surface area (Å²) in [4.78, 5) is 44.5. The highest BCUT2D eigenvalue weighted by atomic mass is 32.2. The van der Waals surface area contributed by atoms with Crippen LogP contribution in [-0.4, -0.2) is 27.6 Å². The van der Waals surface area contributed by atoms with Crippen molar-refractivity contribution in [3.8, 4) is 0 Å². The van der Waals surface area contributed by atoms with Gasteiger partial charge in [0.2, 0.25) is 5.91 Å². The fraction of sp³-hybridized carbons (Fsp3) is 0.200. The summed E-state index contributed by atoms with van der Waals surface area (Å²) < 4.78 is 5.48. The predicted octanol–water partition coefficient (Wildman–Crippen LogP) is 3.28. The van der Waals surface area contributed by atoms with E-state index in [2.05, 4.69) is 15.3 Å². The molecule has 0 aliphatic carbocycles. The Morgan fingerprint density at radius 3 is 2.89 bits per heavy atom. The molecule has 2 heterocycles. The second kappa shape index (κ2) is 7.47. The summed E-state index contributed by atoms with van der Waals surface area (Å²) in [6, 6.07) is 12.0. The third-order valence-corrected chi connectivity index (χ3v) is 5.45. The summed E-state index contributed by atoms with van der Waals surface area (Å²) >= 11 is 1.56. The molecule has 3 aromatic rings. The number of rotatable bonds is 3. The van der Waals surface area contributed by atoms with Crippen molar-refractivity contribution >= 4 is 40.2 Å². The Kier molecular flexibility index (Phi) is 4.87. The van der Waals surface area contributed by atoms with Gasteiger partial charge in [-0.2, -0.15) is 0 Å². The fourth-order valence-electron chi connectivity index (χ4n) is 2.93. The van der Waals surface area contributed by atoms with Gasteiger partial charge in [-0.1, -0.05) is 12.1 Å². The summed E-state index contributed by atoms with van der Waals surface area (Å²) in [6.07, 6.45) is -0.315. The molecule has 0 radical (unpaired) electrons. The van der Waals surface area contributed by atoms with Crippen molar-refractivity contribution in [2.45, 2.75) is 24.3 Å². The fourth-order valence-corrected chi connectivity index (χ4v) is 3.87. The van der Waals surface area contributed by atoms with Crippen LogP contribution in [0.15, 0.2) is 52.2 Å². The zero-order chi connectivity index (χ0) is 19.7.